The summed E-state index contributed by atoms with van der Waals surface area (Å²) in [5, 5.41) is 8.27. The molecule has 4 aliphatic rings. The number of nitrogens with two attached hydrogens (primary N) is 1. The molecule has 1 saturated carbocycles. The second-order valence-corrected chi connectivity index (χ2v) is 11.9. The van der Waals surface area contributed by atoms with Gasteiger partial charge in [-0.15, -0.1) is 0 Å². The van der Waals surface area contributed by atoms with E-state index >= 15 is 0 Å². The summed E-state index contributed by atoms with van der Waals surface area (Å²) in [6.07, 6.45) is 3.84. The van der Waals surface area contributed by atoms with Crippen LogP contribution in [0.2, 0.25) is 0 Å². The third kappa shape index (κ3) is 6.05. The van der Waals surface area contributed by atoms with Crippen molar-refractivity contribution in [1.29, 1.82) is 0 Å². The maximum Gasteiger partial charge on any atom is 0.217 e. The molecular weight excluding hydrogens is 446 g/mol. The summed E-state index contributed by atoms with van der Waals surface area (Å²) < 4.78 is 41.0. The fourth-order valence-corrected chi connectivity index (χ4v) is 7.44. The zero-order chi connectivity index (χ0) is 23.4. The highest BCUT2D eigenvalue weighted by atomic mass is 32.2. The number of ether oxygens (including phenoxy) is 2. The molecule has 0 spiro atoms. The van der Waals surface area contributed by atoms with Gasteiger partial charge in [-0.05, 0) is 38.1 Å². The van der Waals surface area contributed by atoms with Gasteiger partial charge >= 0.3 is 0 Å². The molecule has 0 radical (unpaired) electrons. The van der Waals surface area contributed by atoms with E-state index in [1.807, 2.05) is 12.1 Å². The van der Waals surface area contributed by atoms with E-state index < -0.39 is 15.3 Å². The average Bonchev–Trinajstić information content (AvgIpc) is 3.21. The number of nitrogens with zero attached hydrogens (tertiary/aromatic N) is 2. The third-order valence-corrected chi connectivity index (χ3v) is 9.80. The first-order valence-corrected chi connectivity index (χ1v) is 14.0. The molecule has 4 fully saturated rings. The first kappa shape index (κ1) is 25.7. The van der Waals surface area contributed by atoms with Crippen LogP contribution in [0, 0.1) is 5.92 Å². The fourth-order valence-electron chi connectivity index (χ4n) is 6.00. The van der Waals surface area contributed by atoms with Crippen molar-refractivity contribution in [2.75, 3.05) is 66.6 Å². The minimum atomic E-state index is -3.64. The Balaban J connectivity index is 1.35. The van der Waals surface area contributed by atoms with E-state index in [1.54, 1.807) is 7.11 Å². The Labute approximate surface area is 198 Å². The van der Waals surface area contributed by atoms with E-state index in [1.165, 1.54) is 0 Å². The third-order valence-electron chi connectivity index (χ3n) is 7.96. The van der Waals surface area contributed by atoms with Gasteiger partial charge in [0.1, 0.15) is 5.25 Å². The molecule has 12 heteroatoms. The Hall–Kier alpha value is -0.410. The first-order valence-electron chi connectivity index (χ1n) is 12.4. The summed E-state index contributed by atoms with van der Waals surface area (Å²) in [5.41, 5.74) is 9.32. The highest BCUT2D eigenvalue weighted by Crippen LogP contribution is 2.33. The molecule has 7 atom stereocenters. The van der Waals surface area contributed by atoms with Crippen molar-refractivity contribution in [3.8, 4) is 0 Å². The normalized spacial score (nSPS) is 37.7. The SMILES string of the molecule is COC1CCC2CNN(C)C2C1NS(=O)(=O)C(CN)CNC1CC(N2CCOCC2)CCN1. The van der Waals surface area contributed by atoms with Crippen molar-refractivity contribution >= 4 is 10.0 Å². The second kappa shape index (κ2) is 11.5. The summed E-state index contributed by atoms with van der Waals surface area (Å²) in [7, 11) is 0.00211. The van der Waals surface area contributed by atoms with E-state index in [2.05, 4.69) is 25.7 Å². The maximum atomic E-state index is 13.4. The molecule has 0 aromatic heterocycles. The van der Waals surface area contributed by atoms with Gasteiger partial charge in [0.05, 0.1) is 31.5 Å². The molecule has 3 heterocycles. The maximum absolute atomic E-state index is 13.4. The van der Waals surface area contributed by atoms with Gasteiger partial charge < -0.3 is 25.8 Å². The highest BCUT2D eigenvalue weighted by Gasteiger charge is 2.47. The van der Waals surface area contributed by atoms with E-state index in [0.29, 0.717) is 18.5 Å². The van der Waals surface area contributed by atoms with Crippen LogP contribution in [0.5, 0.6) is 0 Å². The van der Waals surface area contributed by atoms with Gasteiger partial charge in [0.25, 0.3) is 0 Å². The van der Waals surface area contributed by atoms with Crippen LogP contribution >= 0.6 is 0 Å². The van der Waals surface area contributed by atoms with E-state index in [-0.39, 0.29) is 30.9 Å². The van der Waals surface area contributed by atoms with Crippen LogP contribution in [-0.2, 0) is 19.5 Å². The van der Waals surface area contributed by atoms with Gasteiger partial charge in [0.15, 0.2) is 0 Å². The molecule has 7 unspecified atom stereocenters. The lowest BCUT2D eigenvalue weighted by Gasteiger charge is -2.42. The highest BCUT2D eigenvalue weighted by molar-refractivity contribution is 7.90. The second-order valence-electron chi connectivity index (χ2n) is 9.86. The fraction of sp³-hybridized carbons (Fsp3) is 1.00. The number of methoxy groups -OCH3 is 1. The average molecular weight is 490 g/mol. The number of piperidine rings is 1. The molecule has 1 aliphatic carbocycles. The molecule has 3 aliphatic heterocycles. The first-order chi connectivity index (χ1) is 15.9. The smallest absolute Gasteiger partial charge is 0.217 e. The molecule has 33 heavy (non-hydrogen) atoms. The van der Waals surface area contributed by atoms with Crippen LogP contribution in [0.15, 0.2) is 0 Å². The van der Waals surface area contributed by atoms with E-state index in [9.17, 15) is 8.42 Å². The monoisotopic (exact) mass is 489 g/mol. The molecule has 11 nitrogen and oxygen atoms in total. The number of hydrogen-bond donors (Lipinski definition) is 5. The van der Waals surface area contributed by atoms with Crippen molar-refractivity contribution in [3.63, 3.8) is 0 Å². The number of hydrazine groups is 1. The quantitative estimate of drug-likeness (QED) is 0.244. The molecule has 6 N–H and O–H groups in total. The number of fused-ring (bicyclic) bond motifs is 1. The zero-order valence-corrected chi connectivity index (χ0v) is 20.9. The Bertz CT molecular complexity index is 723. The lowest BCUT2D eigenvalue weighted by atomic mass is 9.80. The standard InChI is InChI=1S/C21H43N7O4S/c1-27-21-15(13-25-27)3-4-18(31-2)20(21)26-33(29,30)17(12-22)14-24-19-11-16(5-6-23-19)28-7-9-32-10-8-28/h15-21,23-26H,3-14,22H2,1-2H3. The molecule has 192 valence electrons. The number of nitrogens with one attached hydrogen (secondary N) is 4. The Morgan fingerprint density at radius 1 is 1.24 bits per heavy atom. The number of hydrogen-bond acceptors (Lipinski definition) is 10. The largest absolute Gasteiger partial charge is 0.380 e. The van der Waals surface area contributed by atoms with Crippen molar-refractivity contribution < 1.29 is 17.9 Å². The molecule has 0 aromatic rings. The lowest BCUT2D eigenvalue weighted by molar-refractivity contribution is 0.00321. The summed E-state index contributed by atoms with van der Waals surface area (Å²) >= 11 is 0. The van der Waals surface area contributed by atoms with E-state index in [0.717, 1.165) is 65.1 Å². The Kier molecular flexibility index (Phi) is 8.99. The zero-order valence-electron chi connectivity index (χ0n) is 20.0. The van der Waals surface area contributed by atoms with Gasteiger partial charge in [-0.1, -0.05) is 0 Å². The molecule has 0 amide bonds. The van der Waals surface area contributed by atoms with Crippen LogP contribution in [0.1, 0.15) is 25.7 Å². The molecule has 3 saturated heterocycles. The van der Waals surface area contributed by atoms with Crippen molar-refractivity contribution in [2.45, 2.75) is 61.3 Å². The number of morpholine rings is 1. The number of likely N-dealkylation sites (N-methyl/N-ethyl adjacent to an activating group) is 1. The van der Waals surface area contributed by atoms with Crippen molar-refractivity contribution in [3.05, 3.63) is 0 Å². The summed E-state index contributed by atoms with van der Waals surface area (Å²) in [4.78, 5) is 2.49. The predicted molar refractivity (Wildman–Crippen MR) is 127 cm³/mol. The topological polar surface area (TPSA) is 133 Å². The number of sulfonamides is 1. The summed E-state index contributed by atoms with van der Waals surface area (Å²) in [6, 6.07) is 0.260. The van der Waals surface area contributed by atoms with Crippen LogP contribution in [0.3, 0.4) is 0 Å². The predicted octanol–water partition coefficient (Wildman–Crippen LogP) is -2.15. The molecule has 0 bridgehead atoms. The number of rotatable bonds is 9. The molecule has 4 rings (SSSR count). The van der Waals surface area contributed by atoms with Gasteiger partial charge in [0, 0.05) is 59.0 Å². The van der Waals surface area contributed by atoms with Crippen molar-refractivity contribution in [2.24, 2.45) is 11.7 Å². The molecular formula is C21H43N7O4S. The minimum Gasteiger partial charge on any atom is -0.380 e. The van der Waals surface area contributed by atoms with E-state index in [4.69, 9.17) is 15.2 Å². The Morgan fingerprint density at radius 2 is 2.03 bits per heavy atom. The van der Waals surface area contributed by atoms with Gasteiger partial charge in [0.2, 0.25) is 10.0 Å². The van der Waals surface area contributed by atoms with Crippen molar-refractivity contribution in [1.82, 2.24) is 30.7 Å². The van der Waals surface area contributed by atoms with Gasteiger partial charge in [-0.25, -0.2) is 18.1 Å². The summed E-state index contributed by atoms with van der Waals surface area (Å²) in [5.74, 6) is 0.409. The van der Waals surface area contributed by atoms with Crippen LogP contribution in [0.4, 0.5) is 0 Å². The Morgan fingerprint density at radius 3 is 2.76 bits per heavy atom. The van der Waals surface area contributed by atoms with Crippen LogP contribution in [-0.4, -0.2) is 121 Å². The minimum absolute atomic E-state index is 0.0640. The van der Waals surface area contributed by atoms with Crippen LogP contribution in [0.25, 0.3) is 0 Å². The summed E-state index contributed by atoms with van der Waals surface area (Å²) in [6.45, 7) is 5.67. The molecule has 0 aromatic carbocycles. The van der Waals surface area contributed by atoms with Crippen LogP contribution < -0.4 is 26.5 Å². The van der Waals surface area contributed by atoms with Gasteiger partial charge in [-0.2, -0.15) is 0 Å². The van der Waals surface area contributed by atoms with Gasteiger partial charge in [-0.3, -0.25) is 10.3 Å². The lowest BCUT2D eigenvalue weighted by Crippen LogP contribution is -2.62.